The van der Waals surface area contributed by atoms with E-state index in [1.54, 1.807) is 7.11 Å². The molecule has 0 radical (unpaired) electrons. The first-order chi connectivity index (χ1) is 8.85. The normalized spacial score (nSPS) is 12.8. The number of benzene rings is 2. The molecule has 96 valence electrons. The van der Waals surface area contributed by atoms with Gasteiger partial charge in [-0.1, -0.05) is 36.4 Å². The predicted octanol–water partition coefficient (Wildman–Crippen LogP) is 3.53. The fourth-order valence-electron chi connectivity index (χ4n) is 2.33. The van der Waals surface area contributed by atoms with Gasteiger partial charge in [-0.2, -0.15) is 0 Å². The molecule has 0 saturated heterocycles. The SMILES string of the molecule is CNC(CCCOC)c1ccc2ccccc2c1. The monoisotopic (exact) mass is 243 g/mol. The molecule has 2 heteroatoms. The lowest BCUT2D eigenvalue weighted by Crippen LogP contribution is -2.16. The van der Waals surface area contributed by atoms with Crippen LogP contribution in [0.1, 0.15) is 24.4 Å². The summed E-state index contributed by atoms with van der Waals surface area (Å²) in [6.45, 7) is 0.825. The quantitative estimate of drug-likeness (QED) is 0.784. The molecule has 1 unspecified atom stereocenters. The van der Waals surface area contributed by atoms with Crippen LogP contribution in [-0.4, -0.2) is 20.8 Å². The molecule has 0 amide bonds. The first kappa shape index (κ1) is 13.1. The summed E-state index contributed by atoms with van der Waals surface area (Å²) in [5, 5.41) is 5.99. The average molecular weight is 243 g/mol. The van der Waals surface area contributed by atoms with Gasteiger partial charge < -0.3 is 10.1 Å². The van der Waals surface area contributed by atoms with Crippen LogP contribution in [0.3, 0.4) is 0 Å². The van der Waals surface area contributed by atoms with Gasteiger partial charge in [0.05, 0.1) is 0 Å². The predicted molar refractivity (Wildman–Crippen MR) is 76.9 cm³/mol. The highest BCUT2D eigenvalue weighted by Gasteiger charge is 2.09. The van der Waals surface area contributed by atoms with Gasteiger partial charge in [-0.3, -0.25) is 0 Å². The molecule has 0 aliphatic carbocycles. The highest BCUT2D eigenvalue weighted by Crippen LogP contribution is 2.23. The van der Waals surface area contributed by atoms with Crippen molar-refractivity contribution < 1.29 is 4.74 Å². The Morgan fingerprint density at radius 3 is 2.61 bits per heavy atom. The van der Waals surface area contributed by atoms with Gasteiger partial charge in [0.25, 0.3) is 0 Å². The van der Waals surface area contributed by atoms with E-state index in [0.29, 0.717) is 6.04 Å². The first-order valence-electron chi connectivity index (χ1n) is 6.50. The van der Waals surface area contributed by atoms with Crippen LogP contribution in [-0.2, 0) is 4.74 Å². The average Bonchev–Trinajstić information content (AvgIpc) is 2.43. The number of nitrogens with one attached hydrogen (secondary N) is 1. The minimum absolute atomic E-state index is 0.407. The summed E-state index contributed by atoms with van der Waals surface area (Å²) in [5.41, 5.74) is 1.35. The minimum atomic E-state index is 0.407. The van der Waals surface area contributed by atoms with E-state index in [9.17, 15) is 0 Å². The van der Waals surface area contributed by atoms with Crippen molar-refractivity contribution in [2.24, 2.45) is 0 Å². The lowest BCUT2D eigenvalue weighted by atomic mass is 9.99. The molecule has 2 aromatic carbocycles. The van der Waals surface area contributed by atoms with Gasteiger partial charge in [0.2, 0.25) is 0 Å². The molecule has 2 rings (SSSR count). The van der Waals surface area contributed by atoms with Crippen molar-refractivity contribution in [2.45, 2.75) is 18.9 Å². The summed E-state index contributed by atoms with van der Waals surface area (Å²) in [5.74, 6) is 0. The van der Waals surface area contributed by atoms with Crippen LogP contribution in [0.5, 0.6) is 0 Å². The van der Waals surface area contributed by atoms with Gasteiger partial charge in [0.1, 0.15) is 0 Å². The van der Waals surface area contributed by atoms with E-state index in [1.165, 1.54) is 16.3 Å². The smallest absolute Gasteiger partial charge is 0.0462 e. The zero-order valence-electron chi connectivity index (χ0n) is 11.1. The van der Waals surface area contributed by atoms with E-state index < -0.39 is 0 Å². The number of fused-ring (bicyclic) bond motifs is 1. The van der Waals surface area contributed by atoms with E-state index >= 15 is 0 Å². The van der Waals surface area contributed by atoms with Crippen LogP contribution in [0.2, 0.25) is 0 Å². The summed E-state index contributed by atoms with van der Waals surface area (Å²) in [6, 6.07) is 15.6. The molecule has 1 N–H and O–H groups in total. The summed E-state index contributed by atoms with van der Waals surface area (Å²) in [6.07, 6.45) is 2.18. The van der Waals surface area contributed by atoms with Crippen LogP contribution in [0.25, 0.3) is 10.8 Å². The Bertz CT molecular complexity index is 495. The fraction of sp³-hybridized carbons (Fsp3) is 0.375. The lowest BCUT2D eigenvalue weighted by Gasteiger charge is -2.17. The van der Waals surface area contributed by atoms with Crippen LogP contribution in [0.15, 0.2) is 42.5 Å². The first-order valence-corrected chi connectivity index (χ1v) is 6.50. The maximum atomic E-state index is 5.12. The molecule has 0 aromatic heterocycles. The Balaban J connectivity index is 2.17. The third kappa shape index (κ3) is 3.09. The summed E-state index contributed by atoms with van der Waals surface area (Å²) >= 11 is 0. The van der Waals surface area contributed by atoms with Crippen molar-refractivity contribution in [1.29, 1.82) is 0 Å². The standard InChI is InChI=1S/C16H21NO/c1-17-16(8-5-11-18-2)15-10-9-13-6-3-4-7-14(13)12-15/h3-4,6-7,9-10,12,16-17H,5,8,11H2,1-2H3. The molecule has 0 fully saturated rings. The topological polar surface area (TPSA) is 21.3 Å². The van der Waals surface area contributed by atoms with Crippen molar-refractivity contribution in [3.8, 4) is 0 Å². The number of methoxy groups -OCH3 is 1. The second-order valence-electron chi connectivity index (χ2n) is 4.58. The molecule has 2 nitrogen and oxygen atoms in total. The molecule has 0 aliphatic heterocycles. The van der Waals surface area contributed by atoms with Crippen LogP contribution < -0.4 is 5.32 Å². The fourth-order valence-corrected chi connectivity index (χ4v) is 2.33. The number of hydrogen-bond acceptors (Lipinski definition) is 2. The molecule has 0 heterocycles. The molecular formula is C16H21NO. The van der Waals surface area contributed by atoms with Gasteiger partial charge in [-0.15, -0.1) is 0 Å². The van der Waals surface area contributed by atoms with Crippen LogP contribution >= 0.6 is 0 Å². The Labute approximate surface area is 109 Å². The van der Waals surface area contributed by atoms with Gasteiger partial charge >= 0.3 is 0 Å². The maximum absolute atomic E-state index is 5.12. The second kappa shape index (κ2) is 6.53. The van der Waals surface area contributed by atoms with E-state index in [4.69, 9.17) is 4.74 Å². The maximum Gasteiger partial charge on any atom is 0.0462 e. The van der Waals surface area contributed by atoms with Gasteiger partial charge in [-0.25, -0.2) is 0 Å². The van der Waals surface area contributed by atoms with Gasteiger partial charge in [-0.05, 0) is 42.3 Å². The molecule has 0 aliphatic rings. The van der Waals surface area contributed by atoms with E-state index in [-0.39, 0.29) is 0 Å². The Morgan fingerprint density at radius 2 is 1.89 bits per heavy atom. The highest BCUT2D eigenvalue weighted by molar-refractivity contribution is 5.83. The molecule has 18 heavy (non-hydrogen) atoms. The second-order valence-corrected chi connectivity index (χ2v) is 4.58. The molecule has 0 spiro atoms. The summed E-state index contributed by atoms with van der Waals surface area (Å²) < 4.78 is 5.12. The zero-order chi connectivity index (χ0) is 12.8. The Hall–Kier alpha value is -1.38. The molecule has 1 atom stereocenters. The third-order valence-corrected chi connectivity index (χ3v) is 3.37. The van der Waals surface area contributed by atoms with Gasteiger partial charge in [0.15, 0.2) is 0 Å². The molecular weight excluding hydrogens is 222 g/mol. The summed E-state index contributed by atoms with van der Waals surface area (Å²) in [7, 11) is 3.77. The number of rotatable bonds is 6. The van der Waals surface area contributed by atoms with Crippen molar-refractivity contribution in [1.82, 2.24) is 5.32 Å². The lowest BCUT2D eigenvalue weighted by molar-refractivity contribution is 0.189. The van der Waals surface area contributed by atoms with Crippen LogP contribution in [0.4, 0.5) is 0 Å². The number of hydrogen-bond donors (Lipinski definition) is 1. The molecule has 0 bridgehead atoms. The van der Waals surface area contributed by atoms with Crippen LogP contribution in [0, 0.1) is 0 Å². The van der Waals surface area contributed by atoms with Gasteiger partial charge in [0, 0.05) is 19.8 Å². The largest absolute Gasteiger partial charge is 0.385 e. The Morgan fingerprint density at radius 1 is 1.11 bits per heavy atom. The Kier molecular flexibility index (Phi) is 4.73. The molecule has 0 saturated carbocycles. The van der Waals surface area contributed by atoms with Crippen molar-refractivity contribution in [2.75, 3.05) is 20.8 Å². The zero-order valence-corrected chi connectivity index (χ0v) is 11.1. The minimum Gasteiger partial charge on any atom is -0.385 e. The van der Waals surface area contributed by atoms with Crippen molar-refractivity contribution in [3.63, 3.8) is 0 Å². The summed E-state index contributed by atoms with van der Waals surface area (Å²) in [4.78, 5) is 0. The van der Waals surface area contributed by atoms with Crippen molar-refractivity contribution >= 4 is 10.8 Å². The highest BCUT2D eigenvalue weighted by atomic mass is 16.5. The number of ether oxygens (including phenoxy) is 1. The van der Waals surface area contributed by atoms with E-state index in [1.807, 2.05) is 7.05 Å². The third-order valence-electron chi connectivity index (χ3n) is 3.37. The van der Waals surface area contributed by atoms with E-state index in [0.717, 1.165) is 19.4 Å². The van der Waals surface area contributed by atoms with E-state index in [2.05, 4.69) is 47.8 Å². The molecule has 2 aromatic rings. The van der Waals surface area contributed by atoms with Crippen molar-refractivity contribution in [3.05, 3.63) is 48.0 Å².